The van der Waals surface area contributed by atoms with E-state index in [1.165, 1.54) is 6.26 Å². The summed E-state index contributed by atoms with van der Waals surface area (Å²) in [5.74, 6) is 0.381. The standard InChI is InChI=1S/C21H13N3O4S/c25-21(27-12-19-23-24-20(28-19)17-7-3-9-26-17)14-11-16(18-8-4-10-29-18)22-15-6-2-1-5-13(14)15/h1-11H,12H2. The van der Waals surface area contributed by atoms with Crippen LogP contribution in [0.2, 0.25) is 0 Å². The molecule has 4 heterocycles. The monoisotopic (exact) mass is 403 g/mol. The van der Waals surface area contributed by atoms with Gasteiger partial charge in [-0.3, -0.25) is 0 Å². The van der Waals surface area contributed by atoms with Gasteiger partial charge in [0.1, 0.15) is 0 Å². The van der Waals surface area contributed by atoms with E-state index in [2.05, 4.69) is 15.2 Å². The van der Waals surface area contributed by atoms with Gasteiger partial charge in [-0.1, -0.05) is 24.3 Å². The summed E-state index contributed by atoms with van der Waals surface area (Å²) in [6, 6.07) is 16.6. The van der Waals surface area contributed by atoms with Crippen LogP contribution >= 0.6 is 11.3 Å². The molecule has 0 bridgehead atoms. The first-order valence-corrected chi connectivity index (χ1v) is 9.63. The first kappa shape index (κ1) is 17.3. The number of furan rings is 1. The molecule has 0 aliphatic heterocycles. The topological polar surface area (TPSA) is 91.2 Å². The van der Waals surface area contributed by atoms with E-state index in [4.69, 9.17) is 13.6 Å². The molecule has 5 aromatic rings. The molecular weight excluding hydrogens is 390 g/mol. The van der Waals surface area contributed by atoms with E-state index in [1.54, 1.807) is 29.5 Å². The lowest BCUT2D eigenvalue weighted by Crippen LogP contribution is -2.07. The van der Waals surface area contributed by atoms with Crippen molar-refractivity contribution in [2.45, 2.75) is 6.61 Å². The molecule has 8 heteroatoms. The van der Waals surface area contributed by atoms with Gasteiger partial charge in [-0.05, 0) is 35.7 Å². The van der Waals surface area contributed by atoms with Gasteiger partial charge < -0.3 is 13.6 Å². The third-order valence-corrected chi connectivity index (χ3v) is 5.13. The van der Waals surface area contributed by atoms with E-state index in [0.717, 1.165) is 21.5 Å². The zero-order chi connectivity index (χ0) is 19.6. The lowest BCUT2D eigenvalue weighted by atomic mass is 10.1. The average molecular weight is 403 g/mol. The Morgan fingerprint density at radius 3 is 2.83 bits per heavy atom. The van der Waals surface area contributed by atoms with E-state index in [0.29, 0.717) is 11.3 Å². The summed E-state index contributed by atoms with van der Waals surface area (Å²) in [6.45, 7) is -0.141. The third kappa shape index (κ3) is 3.41. The lowest BCUT2D eigenvalue weighted by Gasteiger charge is -2.08. The number of aromatic nitrogens is 3. The van der Waals surface area contributed by atoms with Crippen molar-refractivity contribution in [1.82, 2.24) is 15.2 Å². The van der Waals surface area contributed by atoms with Gasteiger partial charge in [0.15, 0.2) is 12.4 Å². The Hall–Kier alpha value is -3.78. The van der Waals surface area contributed by atoms with Crippen molar-refractivity contribution >= 4 is 28.2 Å². The molecule has 4 aromatic heterocycles. The molecule has 0 unspecified atom stereocenters. The molecule has 0 aliphatic rings. The number of hydrogen-bond donors (Lipinski definition) is 0. The first-order chi connectivity index (χ1) is 14.3. The highest BCUT2D eigenvalue weighted by Crippen LogP contribution is 2.28. The third-order valence-electron chi connectivity index (χ3n) is 4.24. The second kappa shape index (κ2) is 7.33. The van der Waals surface area contributed by atoms with E-state index < -0.39 is 5.97 Å². The number of rotatable bonds is 5. The number of carbonyl (C=O) groups is 1. The molecule has 0 radical (unpaired) electrons. The maximum absolute atomic E-state index is 12.8. The molecule has 142 valence electrons. The van der Waals surface area contributed by atoms with Crippen molar-refractivity contribution in [2.75, 3.05) is 0 Å². The number of hydrogen-bond acceptors (Lipinski definition) is 8. The van der Waals surface area contributed by atoms with Crippen molar-refractivity contribution in [3.05, 3.63) is 77.7 Å². The number of esters is 1. The molecule has 0 fully saturated rings. The molecule has 0 saturated heterocycles. The van der Waals surface area contributed by atoms with Gasteiger partial charge in [0.2, 0.25) is 0 Å². The van der Waals surface area contributed by atoms with E-state index in [9.17, 15) is 4.79 Å². The number of para-hydroxylation sites is 1. The van der Waals surface area contributed by atoms with Crippen molar-refractivity contribution in [3.63, 3.8) is 0 Å². The predicted octanol–water partition coefficient (Wildman–Crippen LogP) is 4.96. The summed E-state index contributed by atoms with van der Waals surface area (Å²) in [5, 5.41) is 10.5. The van der Waals surface area contributed by atoms with Crippen LogP contribution in [0.3, 0.4) is 0 Å². The highest BCUT2D eigenvalue weighted by molar-refractivity contribution is 7.13. The van der Waals surface area contributed by atoms with Crippen LogP contribution in [0, 0.1) is 0 Å². The molecule has 29 heavy (non-hydrogen) atoms. The second-order valence-corrected chi connectivity index (χ2v) is 7.05. The van der Waals surface area contributed by atoms with Crippen LogP contribution < -0.4 is 0 Å². The normalized spacial score (nSPS) is 11.0. The van der Waals surface area contributed by atoms with Crippen LogP contribution in [-0.4, -0.2) is 21.2 Å². The molecule has 0 spiro atoms. The minimum atomic E-state index is -0.487. The Morgan fingerprint density at radius 2 is 2.00 bits per heavy atom. The fourth-order valence-corrected chi connectivity index (χ4v) is 3.60. The summed E-state index contributed by atoms with van der Waals surface area (Å²) in [6.07, 6.45) is 1.51. The van der Waals surface area contributed by atoms with Crippen LogP contribution in [0.5, 0.6) is 0 Å². The van der Waals surface area contributed by atoms with Gasteiger partial charge >= 0.3 is 5.97 Å². The Morgan fingerprint density at radius 1 is 1.07 bits per heavy atom. The lowest BCUT2D eigenvalue weighted by molar-refractivity contribution is 0.0441. The molecule has 0 saturated carbocycles. The zero-order valence-electron chi connectivity index (χ0n) is 14.9. The van der Waals surface area contributed by atoms with Crippen LogP contribution in [0.15, 0.2) is 75.1 Å². The number of thiophene rings is 1. The minimum absolute atomic E-state index is 0.141. The SMILES string of the molecule is O=C(OCc1nnc(-c2ccco2)o1)c1cc(-c2cccs2)nc2ccccc12. The molecule has 7 nitrogen and oxygen atoms in total. The second-order valence-electron chi connectivity index (χ2n) is 6.10. The Labute approximate surface area is 168 Å². The highest BCUT2D eigenvalue weighted by atomic mass is 32.1. The summed E-state index contributed by atoms with van der Waals surface area (Å²) in [5.41, 5.74) is 1.89. The van der Waals surface area contributed by atoms with Gasteiger partial charge in [-0.25, -0.2) is 9.78 Å². The molecule has 0 aliphatic carbocycles. The number of fused-ring (bicyclic) bond motifs is 1. The van der Waals surface area contributed by atoms with Crippen molar-refractivity contribution in [3.8, 4) is 22.2 Å². The van der Waals surface area contributed by atoms with Crippen LogP contribution in [0.1, 0.15) is 16.2 Å². The highest BCUT2D eigenvalue weighted by Gasteiger charge is 2.18. The molecule has 1 aromatic carbocycles. The Balaban J connectivity index is 1.42. The van der Waals surface area contributed by atoms with Gasteiger partial charge in [0, 0.05) is 5.39 Å². The van der Waals surface area contributed by atoms with Crippen LogP contribution in [0.25, 0.3) is 33.1 Å². The summed E-state index contributed by atoms with van der Waals surface area (Å²) >= 11 is 1.56. The van der Waals surface area contributed by atoms with E-state index in [-0.39, 0.29) is 18.4 Å². The molecule has 0 amide bonds. The Kier molecular flexibility index (Phi) is 4.38. The quantitative estimate of drug-likeness (QED) is 0.383. The summed E-state index contributed by atoms with van der Waals surface area (Å²) in [4.78, 5) is 18.5. The van der Waals surface area contributed by atoms with Crippen LogP contribution in [-0.2, 0) is 11.3 Å². The van der Waals surface area contributed by atoms with Crippen molar-refractivity contribution in [1.29, 1.82) is 0 Å². The van der Waals surface area contributed by atoms with Crippen LogP contribution in [0.4, 0.5) is 0 Å². The van der Waals surface area contributed by atoms with E-state index >= 15 is 0 Å². The summed E-state index contributed by atoms with van der Waals surface area (Å²) < 4.78 is 16.1. The smallest absolute Gasteiger partial charge is 0.339 e. The zero-order valence-corrected chi connectivity index (χ0v) is 15.8. The van der Waals surface area contributed by atoms with Crippen molar-refractivity contribution < 1.29 is 18.4 Å². The fourth-order valence-electron chi connectivity index (χ4n) is 2.91. The fraction of sp³-hybridized carbons (Fsp3) is 0.0476. The van der Waals surface area contributed by atoms with Crippen molar-refractivity contribution in [2.24, 2.45) is 0 Å². The number of carbonyl (C=O) groups excluding carboxylic acids is 1. The number of nitrogens with zero attached hydrogens (tertiary/aromatic N) is 3. The van der Waals surface area contributed by atoms with Gasteiger partial charge in [0.05, 0.1) is 27.9 Å². The largest absolute Gasteiger partial charge is 0.459 e. The molecule has 5 rings (SSSR count). The maximum Gasteiger partial charge on any atom is 0.339 e. The Bertz CT molecular complexity index is 1280. The minimum Gasteiger partial charge on any atom is -0.459 e. The average Bonchev–Trinajstić information content (AvgIpc) is 3.53. The number of ether oxygens (including phenoxy) is 1. The van der Waals surface area contributed by atoms with Gasteiger partial charge in [0.25, 0.3) is 11.8 Å². The van der Waals surface area contributed by atoms with E-state index in [1.807, 2.05) is 41.8 Å². The molecule has 0 atom stereocenters. The predicted molar refractivity (Wildman–Crippen MR) is 106 cm³/mol. The van der Waals surface area contributed by atoms with Gasteiger partial charge in [-0.2, -0.15) is 0 Å². The summed E-state index contributed by atoms with van der Waals surface area (Å²) in [7, 11) is 0. The number of pyridine rings is 1. The molecule has 0 N–H and O–H groups in total. The first-order valence-electron chi connectivity index (χ1n) is 8.75. The number of benzene rings is 1. The molecular formula is C21H13N3O4S. The van der Waals surface area contributed by atoms with Gasteiger partial charge in [-0.15, -0.1) is 21.5 Å². The maximum atomic E-state index is 12.8.